The van der Waals surface area contributed by atoms with Crippen molar-refractivity contribution in [1.82, 2.24) is 30.4 Å². The molecule has 0 amide bonds. The van der Waals surface area contributed by atoms with Gasteiger partial charge < -0.3 is 15.4 Å². The maximum Gasteiger partial charge on any atom is 0.213 e. The lowest BCUT2D eigenvalue weighted by Crippen LogP contribution is -2.37. The Hall–Kier alpha value is -1.91. The summed E-state index contributed by atoms with van der Waals surface area (Å²) in [5, 5.41) is 10.6. The first kappa shape index (κ1) is 21.4. The van der Waals surface area contributed by atoms with Crippen LogP contribution in [0.4, 0.5) is 0 Å². The second-order valence-electron chi connectivity index (χ2n) is 6.38. The Morgan fingerprint density at radius 1 is 1.26 bits per heavy atom. The van der Waals surface area contributed by atoms with Crippen molar-refractivity contribution in [1.29, 1.82) is 0 Å². The zero-order valence-corrected chi connectivity index (χ0v) is 18.2. The smallest absolute Gasteiger partial charge is 0.213 e. The molecule has 0 radical (unpaired) electrons. The summed E-state index contributed by atoms with van der Waals surface area (Å²) in [6.45, 7) is 3.94. The summed E-state index contributed by atoms with van der Waals surface area (Å²) in [5.74, 6) is 2.30. The molecule has 148 valence electrons. The number of ether oxygens (including phenoxy) is 1. The Morgan fingerprint density at radius 2 is 2.07 bits per heavy atom. The first-order valence-corrected chi connectivity index (χ1v) is 9.21. The summed E-state index contributed by atoms with van der Waals surface area (Å²) in [6, 6.07) is 3.95. The van der Waals surface area contributed by atoms with E-state index in [1.807, 2.05) is 32.3 Å². The number of aliphatic imine (C=N–C) groups is 1. The predicted octanol–water partition coefficient (Wildman–Crippen LogP) is 2.40. The molecular weight excluding hydrogens is 457 g/mol. The molecule has 1 aliphatic rings. The van der Waals surface area contributed by atoms with Gasteiger partial charge in [0.1, 0.15) is 18.3 Å². The zero-order valence-electron chi connectivity index (χ0n) is 15.9. The van der Waals surface area contributed by atoms with Gasteiger partial charge in [0.2, 0.25) is 5.88 Å². The summed E-state index contributed by atoms with van der Waals surface area (Å²) in [7, 11) is 1.87. The van der Waals surface area contributed by atoms with E-state index in [0.717, 1.165) is 36.7 Å². The number of nitrogens with one attached hydrogen (secondary N) is 2. The molecule has 27 heavy (non-hydrogen) atoms. The number of guanidine groups is 1. The van der Waals surface area contributed by atoms with Gasteiger partial charge in [-0.2, -0.15) is 5.10 Å². The van der Waals surface area contributed by atoms with Gasteiger partial charge in [0, 0.05) is 25.9 Å². The molecule has 0 aromatic carbocycles. The van der Waals surface area contributed by atoms with E-state index in [0.29, 0.717) is 25.1 Å². The molecular formula is C18H28IN7O. The molecule has 2 heterocycles. The Labute approximate surface area is 177 Å². The lowest BCUT2D eigenvalue weighted by molar-refractivity contribution is 0.201. The maximum atomic E-state index is 5.90. The minimum absolute atomic E-state index is 0. The third kappa shape index (κ3) is 6.64. The summed E-state index contributed by atoms with van der Waals surface area (Å²) in [5.41, 5.74) is 1.04. The SMILES string of the molecule is CCNC(=NCc1ccc(OC2CCCC2)nc1)NCc1ncnn1C.I. The molecule has 8 nitrogen and oxygen atoms in total. The van der Waals surface area contributed by atoms with Crippen molar-refractivity contribution in [2.45, 2.75) is 51.8 Å². The van der Waals surface area contributed by atoms with Gasteiger partial charge in [-0.25, -0.2) is 15.0 Å². The fourth-order valence-corrected chi connectivity index (χ4v) is 2.91. The molecule has 2 N–H and O–H groups in total. The maximum absolute atomic E-state index is 5.90. The van der Waals surface area contributed by atoms with Gasteiger partial charge in [0.05, 0.1) is 13.1 Å². The number of rotatable bonds is 7. The molecule has 1 fully saturated rings. The second kappa shape index (κ2) is 11.1. The lowest BCUT2D eigenvalue weighted by atomic mass is 10.3. The molecule has 3 rings (SSSR count). The third-order valence-corrected chi connectivity index (χ3v) is 4.37. The average molecular weight is 485 g/mol. The monoisotopic (exact) mass is 485 g/mol. The van der Waals surface area contributed by atoms with E-state index in [-0.39, 0.29) is 24.0 Å². The van der Waals surface area contributed by atoms with Crippen LogP contribution in [-0.2, 0) is 20.1 Å². The molecule has 0 atom stereocenters. The van der Waals surface area contributed by atoms with Gasteiger partial charge in [-0.15, -0.1) is 24.0 Å². The summed E-state index contributed by atoms with van der Waals surface area (Å²) < 4.78 is 7.64. The van der Waals surface area contributed by atoms with Gasteiger partial charge in [0.25, 0.3) is 0 Å². The Morgan fingerprint density at radius 3 is 2.70 bits per heavy atom. The Balaban J connectivity index is 0.00000261. The zero-order chi connectivity index (χ0) is 18.2. The highest BCUT2D eigenvalue weighted by atomic mass is 127. The highest BCUT2D eigenvalue weighted by molar-refractivity contribution is 14.0. The van der Waals surface area contributed by atoms with Crippen LogP contribution < -0.4 is 15.4 Å². The number of aromatic nitrogens is 4. The van der Waals surface area contributed by atoms with Crippen LogP contribution in [0.5, 0.6) is 5.88 Å². The highest BCUT2D eigenvalue weighted by Gasteiger charge is 2.16. The van der Waals surface area contributed by atoms with E-state index in [1.165, 1.54) is 12.8 Å². The largest absolute Gasteiger partial charge is 0.474 e. The lowest BCUT2D eigenvalue weighted by Gasteiger charge is -2.12. The van der Waals surface area contributed by atoms with Crippen molar-refractivity contribution in [3.8, 4) is 5.88 Å². The number of pyridine rings is 1. The van der Waals surface area contributed by atoms with E-state index in [2.05, 4.69) is 30.7 Å². The molecule has 0 bridgehead atoms. The van der Waals surface area contributed by atoms with Crippen LogP contribution in [0.3, 0.4) is 0 Å². The van der Waals surface area contributed by atoms with Crippen molar-refractivity contribution >= 4 is 29.9 Å². The molecule has 0 unspecified atom stereocenters. The number of hydrogen-bond donors (Lipinski definition) is 2. The van der Waals surface area contributed by atoms with Crippen LogP contribution in [0.2, 0.25) is 0 Å². The minimum Gasteiger partial charge on any atom is -0.474 e. The van der Waals surface area contributed by atoms with Crippen molar-refractivity contribution < 1.29 is 4.74 Å². The van der Waals surface area contributed by atoms with E-state index < -0.39 is 0 Å². The third-order valence-electron chi connectivity index (χ3n) is 4.37. The summed E-state index contributed by atoms with van der Waals surface area (Å²) in [4.78, 5) is 13.2. The molecule has 1 aliphatic carbocycles. The number of halogens is 1. The molecule has 2 aromatic heterocycles. The number of aryl methyl sites for hydroxylation is 1. The van der Waals surface area contributed by atoms with E-state index >= 15 is 0 Å². The Kier molecular flexibility index (Phi) is 8.76. The molecule has 0 aliphatic heterocycles. The van der Waals surface area contributed by atoms with Gasteiger partial charge in [-0.1, -0.05) is 6.07 Å². The second-order valence-corrected chi connectivity index (χ2v) is 6.38. The van der Waals surface area contributed by atoms with Gasteiger partial charge in [-0.05, 0) is 38.2 Å². The molecule has 1 saturated carbocycles. The topological polar surface area (TPSA) is 89.2 Å². The standard InChI is InChI=1S/C18H27N7O.HI/c1-3-19-18(22-12-16-23-13-24-25(16)2)21-11-14-8-9-17(20-10-14)26-15-6-4-5-7-15;/h8-10,13,15H,3-7,11-12H2,1-2H3,(H2,19,21,22);1H. The number of hydrogen-bond acceptors (Lipinski definition) is 5. The normalized spacial score (nSPS) is 14.7. The molecule has 0 saturated heterocycles. The highest BCUT2D eigenvalue weighted by Crippen LogP contribution is 2.22. The van der Waals surface area contributed by atoms with E-state index in [1.54, 1.807) is 11.0 Å². The van der Waals surface area contributed by atoms with Crippen LogP contribution in [0.15, 0.2) is 29.6 Å². The van der Waals surface area contributed by atoms with Crippen molar-refractivity contribution in [2.24, 2.45) is 12.0 Å². The summed E-state index contributed by atoms with van der Waals surface area (Å²) in [6.07, 6.45) is 8.49. The Bertz CT molecular complexity index is 711. The molecule has 0 spiro atoms. The minimum atomic E-state index is 0. The van der Waals surface area contributed by atoms with Crippen molar-refractivity contribution in [3.05, 3.63) is 36.0 Å². The first-order valence-electron chi connectivity index (χ1n) is 9.21. The predicted molar refractivity (Wildman–Crippen MR) is 115 cm³/mol. The van der Waals surface area contributed by atoms with Crippen LogP contribution in [0.25, 0.3) is 0 Å². The van der Waals surface area contributed by atoms with Gasteiger partial charge in [0.15, 0.2) is 5.96 Å². The van der Waals surface area contributed by atoms with Crippen molar-refractivity contribution in [2.75, 3.05) is 6.54 Å². The van der Waals surface area contributed by atoms with Crippen LogP contribution in [0.1, 0.15) is 44.0 Å². The van der Waals surface area contributed by atoms with E-state index in [9.17, 15) is 0 Å². The average Bonchev–Trinajstić information content (AvgIpc) is 3.30. The van der Waals surface area contributed by atoms with Gasteiger partial charge >= 0.3 is 0 Å². The molecule has 9 heteroatoms. The quantitative estimate of drug-likeness (QED) is 0.356. The fourth-order valence-electron chi connectivity index (χ4n) is 2.91. The van der Waals surface area contributed by atoms with Crippen molar-refractivity contribution in [3.63, 3.8) is 0 Å². The number of nitrogens with zero attached hydrogens (tertiary/aromatic N) is 5. The summed E-state index contributed by atoms with van der Waals surface area (Å²) >= 11 is 0. The van der Waals surface area contributed by atoms with Crippen LogP contribution >= 0.6 is 24.0 Å². The van der Waals surface area contributed by atoms with Crippen LogP contribution in [-0.4, -0.2) is 38.4 Å². The first-order chi connectivity index (χ1) is 12.7. The molecule has 2 aromatic rings. The van der Waals surface area contributed by atoms with Crippen LogP contribution in [0, 0.1) is 0 Å². The van der Waals surface area contributed by atoms with E-state index in [4.69, 9.17) is 4.74 Å². The van der Waals surface area contributed by atoms with Gasteiger partial charge in [-0.3, -0.25) is 4.68 Å². The fraction of sp³-hybridized carbons (Fsp3) is 0.556.